The van der Waals surface area contributed by atoms with Gasteiger partial charge in [-0.05, 0) is 60.7 Å². The molecule has 2 N–H and O–H groups in total. The third-order valence-corrected chi connectivity index (χ3v) is 7.42. The van der Waals surface area contributed by atoms with Gasteiger partial charge in [-0.3, -0.25) is 19.4 Å². The Kier molecular flexibility index (Phi) is 7.25. The molecule has 3 aromatic rings. The van der Waals surface area contributed by atoms with E-state index in [2.05, 4.69) is 10.5 Å². The number of hydrogen-bond acceptors (Lipinski definition) is 5. The fourth-order valence-electron chi connectivity index (χ4n) is 5.24. The van der Waals surface area contributed by atoms with Crippen molar-refractivity contribution in [2.24, 2.45) is 0 Å². The van der Waals surface area contributed by atoms with Crippen molar-refractivity contribution < 1.29 is 19.5 Å². The summed E-state index contributed by atoms with van der Waals surface area (Å²) in [6, 6.07) is 16.3. The molecule has 9 heteroatoms. The monoisotopic (exact) mass is 525 g/mol. The number of halogens is 2. The molecule has 5 rings (SSSR count). The predicted molar refractivity (Wildman–Crippen MR) is 135 cm³/mol. The first kappa shape index (κ1) is 24.7. The lowest BCUT2D eigenvalue weighted by Gasteiger charge is -2.45. The number of aromatic nitrogens is 1. The van der Waals surface area contributed by atoms with E-state index in [4.69, 9.17) is 28.0 Å². The van der Waals surface area contributed by atoms with Gasteiger partial charge in [0.15, 0.2) is 0 Å². The topological polar surface area (TPSA) is 91.8 Å². The number of nitrogens with zero attached hydrogens (tertiary/aromatic N) is 2. The van der Waals surface area contributed by atoms with E-state index in [1.54, 1.807) is 65.7 Å². The van der Waals surface area contributed by atoms with Crippen LogP contribution < -0.4 is 5.48 Å². The second-order valence-corrected chi connectivity index (χ2v) is 9.87. The Bertz CT molecular complexity index is 1270. The lowest BCUT2D eigenvalue weighted by Crippen LogP contribution is -2.53. The van der Waals surface area contributed by atoms with E-state index < -0.39 is 30.0 Å². The second-order valence-electron chi connectivity index (χ2n) is 9.03. The Balaban J connectivity index is 1.57. The first-order valence-corrected chi connectivity index (χ1v) is 12.6. The van der Waals surface area contributed by atoms with Crippen molar-refractivity contribution in [3.05, 3.63) is 99.3 Å². The number of fused-ring (bicyclic) bond motifs is 1. The summed E-state index contributed by atoms with van der Waals surface area (Å²) in [5.41, 5.74) is 4.78. The molecule has 2 aromatic carbocycles. The van der Waals surface area contributed by atoms with Crippen LogP contribution >= 0.6 is 23.2 Å². The van der Waals surface area contributed by atoms with Gasteiger partial charge in [-0.25, -0.2) is 5.48 Å². The van der Waals surface area contributed by atoms with Crippen molar-refractivity contribution in [3.63, 3.8) is 0 Å². The van der Waals surface area contributed by atoms with E-state index in [0.717, 1.165) is 6.42 Å². The van der Waals surface area contributed by atoms with Crippen molar-refractivity contribution in [1.82, 2.24) is 15.4 Å². The highest BCUT2D eigenvalue weighted by molar-refractivity contribution is 6.35. The molecule has 0 saturated heterocycles. The summed E-state index contributed by atoms with van der Waals surface area (Å²) in [5, 5.41) is 11.6. The van der Waals surface area contributed by atoms with E-state index >= 15 is 0 Å². The number of aliphatic hydroxyl groups is 1. The summed E-state index contributed by atoms with van der Waals surface area (Å²) in [5.74, 6) is -1.51. The highest BCUT2D eigenvalue weighted by Crippen LogP contribution is 2.48. The van der Waals surface area contributed by atoms with Crippen LogP contribution in [0.3, 0.4) is 0 Å². The van der Waals surface area contributed by atoms with Crippen molar-refractivity contribution >= 4 is 35.0 Å². The van der Waals surface area contributed by atoms with Gasteiger partial charge >= 0.3 is 0 Å². The zero-order valence-electron chi connectivity index (χ0n) is 19.3. The minimum atomic E-state index is -0.839. The average molecular weight is 526 g/mol. The Morgan fingerprint density at radius 2 is 1.89 bits per heavy atom. The first-order chi connectivity index (χ1) is 17.5. The van der Waals surface area contributed by atoms with Gasteiger partial charge in [0.25, 0.3) is 11.8 Å². The molecule has 2 aliphatic rings. The molecule has 36 heavy (non-hydrogen) atoms. The molecule has 4 unspecified atom stereocenters. The smallest absolute Gasteiger partial charge is 0.255 e. The molecule has 2 heterocycles. The molecule has 1 saturated carbocycles. The van der Waals surface area contributed by atoms with Gasteiger partial charge in [-0.1, -0.05) is 53.5 Å². The van der Waals surface area contributed by atoms with Gasteiger partial charge in [0.2, 0.25) is 0 Å². The quantitative estimate of drug-likeness (QED) is 0.449. The predicted octanol–water partition coefficient (Wildman–Crippen LogP) is 4.83. The largest absolute Gasteiger partial charge is 0.391 e. The maximum absolute atomic E-state index is 13.9. The van der Waals surface area contributed by atoms with Gasteiger partial charge < -0.3 is 10.0 Å². The summed E-state index contributed by atoms with van der Waals surface area (Å²) >= 11 is 12.8. The van der Waals surface area contributed by atoms with Crippen LogP contribution in [0.4, 0.5) is 0 Å². The molecule has 1 aliphatic carbocycles. The van der Waals surface area contributed by atoms with Crippen LogP contribution in [0.25, 0.3) is 0 Å². The fourth-order valence-corrected chi connectivity index (χ4v) is 5.77. The summed E-state index contributed by atoms with van der Waals surface area (Å²) in [4.78, 5) is 39.0. The second kappa shape index (κ2) is 10.6. The molecule has 0 radical (unpaired) electrons. The molecule has 2 amide bonds. The molecule has 1 aliphatic heterocycles. The number of hydroxylamine groups is 1. The van der Waals surface area contributed by atoms with E-state index in [-0.39, 0.29) is 12.5 Å². The Morgan fingerprint density at radius 1 is 1.08 bits per heavy atom. The molecule has 0 spiro atoms. The standard InChI is InChI=1S/C27H25Cl2N3O4/c28-16-11-12-20(21(29)14-16)25-24(26(34)31-36-15-17-6-3-4-13-30-17)18-7-1-2-8-19(18)27(35)32(25)22-9-5-10-23(22)33/h1-4,6-8,11-14,22-25,33H,5,9-10,15H2,(H,31,34). The molecule has 1 fully saturated rings. The summed E-state index contributed by atoms with van der Waals surface area (Å²) in [7, 11) is 0. The molecule has 4 atom stereocenters. The van der Waals surface area contributed by atoms with Crippen molar-refractivity contribution in [2.75, 3.05) is 0 Å². The van der Waals surface area contributed by atoms with Crippen LogP contribution in [-0.4, -0.2) is 39.0 Å². The van der Waals surface area contributed by atoms with Crippen LogP contribution in [0.5, 0.6) is 0 Å². The average Bonchev–Trinajstić information content (AvgIpc) is 3.30. The molecule has 1 aromatic heterocycles. The number of rotatable bonds is 6. The molecule has 186 valence electrons. The number of hydrogen-bond donors (Lipinski definition) is 2. The fraction of sp³-hybridized carbons (Fsp3) is 0.296. The van der Waals surface area contributed by atoms with Crippen molar-refractivity contribution in [3.8, 4) is 0 Å². The van der Waals surface area contributed by atoms with Crippen LogP contribution in [-0.2, 0) is 16.2 Å². The van der Waals surface area contributed by atoms with Crippen LogP contribution in [0.1, 0.15) is 58.4 Å². The van der Waals surface area contributed by atoms with E-state index in [9.17, 15) is 14.7 Å². The molecule has 7 nitrogen and oxygen atoms in total. The number of carbonyl (C=O) groups excluding carboxylic acids is 2. The lowest BCUT2D eigenvalue weighted by atomic mass is 9.78. The highest BCUT2D eigenvalue weighted by Gasteiger charge is 2.49. The Morgan fingerprint density at radius 3 is 2.61 bits per heavy atom. The molecular weight excluding hydrogens is 501 g/mol. The van der Waals surface area contributed by atoms with Gasteiger partial charge in [-0.2, -0.15) is 0 Å². The number of carbonyl (C=O) groups is 2. The normalized spacial score (nSPS) is 23.4. The Hall–Kier alpha value is -2.97. The third kappa shape index (κ3) is 4.72. The maximum atomic E-state index is 13.9. The SMILES string of the molecule is O=C(NOCc1ccccn1)C1c2ccccc2C(=O)N(C2CCCC2O)C1c1ccc(Cl)cc1Cl. The van der Waals surface area contributed by atoms with Gasteiger partial charge in [0.1, 0.15) is 6.61 Å². The summed E-state index contributed by atoms with van der Waals surface area (Å²) in [6.07, 6.45) is 2.94. The summed E-state index contributed by atoms with van der Waals surface area (Å²) in [6.45, 7) is 0.0807. The van der Waals surface area contributed by atoms with Gasteiger partial charge in [0, 0.05) is 21.8 Å². The number of benzene rings is 2. The number of amides is 2. The third-order valence-electron chi connectivity index (χ3n) is 6.86. The zero-order valence-corrected chi connectivity index (χ0v) is 20.8. The van der Waals surface area contributed by atoms with Crippen molar-refractivity contribution in [2.45, 2.75) is 50.0 Å². The van der Waals surface area contributed by atoms with E-state index in [1.807, 2.05) is 6.07 Å². The Labute approximate surface area is 219 Å². The maximum Gasteiger partial charge on any atom is 0.255 e. The van der Waals surface area contributed by atoms with Crippen LogP contribution in [0.2, 0.25) is 10.0 Å². The number of aliphatic hydroxyl groups excluding tert-OH is 1. The van der Waals surface area contributed by atoms with Crippen LogP contribution in [0, 0.1) is 0 Å². The van der Waals surface area contributed by atoms with Gasteiger partial charge in [-0.15, -0.1) is 0 Å². The number of pyridine rings is 1. The lowest BCUT2D eigenvalue weighted by molar-refractivity contribution is -0.138. The van der Waals surface area contributed by atoms with E-state index in [1.165, 1.54) is 0 Å². The highest BCUT2D eigenvalue weighted by atomic mass is 35.5. The van der Waals surface area contributed by atoms with Gasteiger partial charge in [0.05, 0.1) is 29.8 Å². The zero-order chi connectivity index (χ0) is 25.2. The van der Waals surface area contributed by atoms with E-state index in [0.29, 0.717) is 45.3 Å². The minimum absolute atomic E-state index is 0.0807. The summed E-state index contributed by atoms with van der Waals surface area (Å²) < 4.78 is 0. The number of nitrogens with one attached hydrogen (secondary N) is 1. The molecule has 0 bridgehead atoms. The first-order valence-electron chi connectivity index (χ1n) is 11.8. The van der Waals surface area contributed by atoms with Crippen LogP contribution in [0.15, 0.2) is 66.9 Å². The van der Waals surface area contributed by atoms with Crippen molar-refractivity contribution in [1.29, 1.82) is 0 Å². The molecular formula is C27H25Cl2N3O4. The minimum Gasteiger partial charge on any atom is -0.391 e.